The number of nitrogens with zero attached hydrogens (tertiary/aromatic N) is 1. The van der Waals surface area contributed by atoms with Crippen LogP contribution in [0.1, 0.15) is 16.1 Å². The second-order valence-corrected chi connectivity index (χ2v) is 6.01. The Morgan fingerprint density at radius 3 is 2.67 bits per heavy atom. The summed E-state index contributed by atoms with van der Waals surface area (Å²) in [4.78, 5) is 27.0. The van der Waals surface area contributed by atoms with Gasteiger partial charge >= 0.3 is 0 Å². The molecule has 8 nitrogen and oxygen atoms in total. The smallest absolute Gasteiger partial charge is 0.291 e. The van der Waals surface area contributed by atoms with Gasteiger partial charge in [0, 0.05) is 13.1 Å². The molecule has 1 N–H and O–H groups in total. The molecule has 2 aliphatic heterocycles. The van der Waals surface area contributed by atoms with Crippen LogP contribution in [0.2, 0.25) is 0 Å². The van der Waals surface area contributed by atoms with Gasteiger partial charge in [-0.25, -0.2) is 0 Å². The molecule has 1 saturated heterocycles. The van der Waals surface area contributed by atoms with E-state index in [1.807, 2.05) is 0 Å². The van der Waals surface area contributed by atoms with Crippen LogP contribution >= 0.6 is 0 Å². The number of morpholine rings is 1. The Bertz CT molecular complexity index is 868. The highest BCUT2D eigenvalue weighted by Crippen LogP contribution is 2.33. The summed E-state index contributed by atoms with van der Waals surface area (Å²) >= 11 is 0. The van der Waals surface area contributed by atoms with E-state index >= 15 is 0 Å². The molecule has 0 aliphatic carbocycles. The zero-order valence-electron chi connectivity index (χ0n) is 14.5. The fraction of sp³-hybridized carbons (Fsp3) is 0.263. The zero-order valence-corrected chi connectivity index (χ0v) is 14.5. The Morgan fingerprint density at radius 1 is 1.07 bits per heavy atom. The highest BCUT2D eigenvalue weighted by atomic mass is 16.7. The number of benzene rings is 1. The van der Waals surface area contributed by atoms with E-state index in [1.165, 1.54) is 12.3 Å². The van der Waals surface area contributed by atoms with Crippen LogP contribution in [0.5, 0.6) is 11.5 Å². The highest BCUT2D eigenvalue weighted by molar-refractivity contribution is 6.04. The fourth-order valence-corrected chi connectivity index (χ4v) is 2.85. The quantitative estimate of drug-likeness (QED) is 0.823. The molecule has 4 rings (SSSR count). The molecule has 3 heterocycles. The van der Waals surface area contributed by atoms with Gasteiger partial charge in [-0.15, -0.1) is 0 Å². The minimum Gasteiger partial charge on any atom is -0.459 e. The number of hydrogen-bond donors (Lipinski definition) is 1. The molecular weight excluding hydrogens is 352 g/mol. The number of fused-ring (bicyclic) bond motifs is 1. The summed E-state index contributed by atoms with van der Waals surface area (Å²) in [5.74, 6) is 0.595. The van der Waals surface area contributed by atoms with Crippen molar-refractivity contribution in [3.05, 3.63) is 53.6 Å². The minimum atomic E-state index is -0.492. The molecule has 2 aromatic rings. The summed E-state index contributed by atoms with van der Waals surface area (Å²) in [6, 6.07) is 8.46. The van der Waals surface area contributed by atoms with E-state index in [4.69, 9.17) is 18.6 Å². The van der Waals surface area contributed by atoms with Gasteiger partial charge in [0.2, 0.25) is 6.79 Å². The van der Waals surface area contributed by atoms with Gasteiger partial charge in [0.1, 0.15) is 5.70 Å². The number of nitrogens with one attached hydrogen (secondary N) is 1. The van der Waals surface area contributed by atoms with Gasteiger partial charge < -0.3 is 28.8 Å². The molecule has 0 radical (unpaired) electrons. The van der Waals surface area contributed by atoms with Crippen LogP contribution in [0.4, 0.5) is 0 Å². The molecule has 2 aliphatic rings. The maximum absolute atomic E-state index is 12.9. The molecule has 0 spiro atoms. The van der Waals surface area contributed by atoms with E-state index in [0.717, 1.165) is 0 Å². The maximum atomic E-state index is 12.9. The third-order valence-corrected chi connectivity index (χ3v) is 4.23. The Hall–Kier alpha value is -3.26. The number of furan rings is 1. The van der Waals surface area contributed by atoms with Crippen molar-refractivity contribution in [2.45, 2.75) is 0 Å². The summed E-state index contributed by atoms with van der Waals surface area (Å²) in [7, 11) is 0. The molecule has 27 heavy (non-hydrogen) atoms. The zero-order chi connectivity index (χ0) is 18.6. The molecule has 0 atom stereocenters. The van der Waals surface area contributed by atoms with Crippen LogP contribution < -0.4 is 14.8 Å². The summed E-state index contributed by atoms with van der Waals surface area (Å²) in [6.07, 6.45) is 3.01. The molecular formula is C19H18N2O6. The van der Waals surface area contributed by atoms with Gasteiger partial charge in [0.05, 0.1) is 19.5 Å². The van der Waals surface area contributed by atoms with Crippen molar-refractivity contribution in [3.8, 4) is 11.5 Å². The van der Waals surface area contributed by atoms with Gasteiger partial charge in [-0.1, -0.05) is 6.07 Å². The second kappa shape index (κ2) is 7.55. The first kappa shape index (κ1) is 17.2. The van der Waals surface area contributed by atoms with Crippen LogP contribution in [0, 0.1) is 0 Å². The molecule has 8 heteroatoms. The van der Waals surface area contributed by atoms with Gasteiger partial charge in [-0.3, -0.25) is 9.59 Å². The molecule has 1 aromatic carbocycles. The first-order valence-electron chi connectivity index (χ1n) is 8.54. The van der Waals surface area contributed by atoms with Crippen LogP contribution in [-0.4, -0.2) is 49.8 Å². The lowest BCUT2D eigenvalue weighted by Gasteiger charge is -2.27. The predicted octanol–water partition coefficient (Wildman–Crippen LogP) is 1.64. The van der Waals surface area contributed by atoms with E-state index in [2.05, 4.69) is 5.32 Å². The summed E-state index contributed by atoms with van der Waals surface area (Å²) in [5, 5.41) is 2.66. The van der Waals surface area contributed by atoms with Gasteiger partial charge in [-0.2, -0.15) is 0 Å². The Labute approximate surface area is 155 Å². The lowest BCUT2D eigenvalue weighted by molar-refractivity contribution is -0.131. The van der Waals surface area contributed by atoms with Crippen LogP contribution in [0.3, 0.4) is 0 Å². The first-order valence-corrected chi connectivity index (χ1v) is 8.54. The first-order chi connectivity index (χ1) is 13.2. The third kappa shape index (κ3) is 3.80. The topological polar surface area (TPSA) is 90.2 Å². The molecule has 1 aromatic heterocycles. The number of ether oxygens (including phenoxy) is 3. The van der Waals surface area contributed by atoms with E-state index in [-0.39, 0.29) is 24.2 Å². The summed E-state index contributed by atoms with van der Waals surface area (Å²) in [5.41, 5.74) is 0.854. The van der Waals surface area contributed by atoms with Gasteiger partial charge in [0.15, 0.2) is 17.3 Å². The SMILES string of the molecule is O=C(NC(=Cc1ccc2c(c1)OCO2)C(=O)N1CCOCC1)c1ccco1. The average molecular weight is 370 g/mol. The standard InChI is InChI=1S/C19H18N2O6/c22-18(16-2-1-7-25-16)20-14(19(23)21-5-8-24-9-6-21)10-13-3-4-15-17(11-13)27-12-26-15/h1-4,7,10-11H,5-6,8-9,12H2,(H,20,22). The predicted molar refractivity (Wildman–Crippen MR) is 94.1 cm³/mol. The molecule has 0 unspecified atom stereocenters. The van der Waals surface area contributed by atoms with Gasteiger partial charge in [-0.05, 0) is 35.9 Å². The monoisotopic (exact) mass is 370 g/mol. The molecule has 2 amide bonds. The largest absolute Gasteiger partial charge is 0.459 e. The minimum absolute atomic E-state index is 0.126. The van der Waals surface area contributed by atoms with Crippen LogP contribution in [-0.2, 0) is 9.53 Å². The van der Waals surface area contributed by atoms with Crippen molar-refractivity contribution >= 4 is 17.9 Å². The van der Waals surface area contributed by atoms with Crippen LogP contribution in [0.25, 0.3) is 6.08 Å². The Morgan fingerprint density at radius 2 is 1.89 bits per heavy atom. The van der Waals surface area contributed by atoms with E-state index < -0.39 is 5.91 Å². The number of hydrogen-bond acceptors (Lipinski definition) is 6. The molecule has 0 bridgehead atoms. The van der Waals surface area contributed by atoms with Crippen molar-refractivity contribution in [2.75, 3.05) is 33.1 Å². The normalized spacial score (nSPS) is 16.3. The maximum Gasteiger partial charge on any atom is 0.291 e. The molecule has 0 saturated carbocycles. The summed E-state index contributed by atoms with van der Waals surface area (Å²) in [6.45, 7) is 2.03. The third-order valence-electron chi connectivity index (χ3n) is 4.23. The lowest BCUT2D eigenvalue weighted by Crippen LogP contribution is -2.44. The van der Waals surface area contributed by atoms with Crippen molar-refractivity contribution in [3.63, 3.8) is 0 Å². The number of carbonyl (C=O) groups is 2. The van der Waals surface area contributed by atoms with Crippen molar-refractivity contribution < 1.29 is 28.2 Å². The number of amides is 2. The molecule has 140 valence electrons. The van der Waals surface area contributed by atoms with E-state index in [0.29, 0.717) is 43.4 Å². The van der Waals surface area contributed by atoms with Crippen LogP contribution in [0.15, 0.2) is 46.7 Å². The lowest BCUT2D eigenvalue weighted by atomic mass is 10.1. The Kier molecular flexibility index (Phi) is 4.80. The average Bonchev–Trinajstić information content (AvgIpc) is 3.39. The fourth-order valence-electron chi connectivity index (χ4n) is 2.85. The second-order valence-electron chi connectivity index (χ2n) is 6.01. The van der Waals surface area contributed by atoms with Crippen molar-refractivity contribution in [2.24, 2.45) is 0 Å². The van der Waals surface area contributed by atoms with E-state index in [1.54, 1.807) is 35.2 Å². The number of rotatable bonds is 4. The molecule has 1 fully saturated rings. The highest BCUT2D eigenvalue weighted by Gasteiger charge is 2.23. The summed E-state index contributed by atoms with van der Waals surface area (Å²) < 4.78 is 21.1. The van der Waals surface area contributed by atoms with E-state index in [9.17, 15) is 9.59 Å². The van der Waals surface area contributed by atoms with Crippen molar-refractivity contribution in [1.29, 1.82) is 0 Å². The van der Waals surface area contributed by atoms with Crippen molar-refractivity contribution in [1.82, 2.24) is 10.2 Å². The Balaban J connectivity index is 1.62. The van der Waals surface area contributed by atoms with Gasteiger partial charge in [0.25, 0.3) is 11.8 Å². The number of carbonyl (C=O) groups excluding carboxylic acids is 2.